The summed E-state index contributed by atoms with van der Waals surface area (Å²) in [5.74, 6) is 0. The van der Waals surface area contributed by atoms with Gasteiger partial charge in [0.05, 0.1) is 9.40 Å². The molecule has 2 aromatic carbocycles. The lowest BCUT2D eigenvalue weighted by Crippen LogP contribution is -2.02. The van der Waals surface area contributed by atoms with Gasteiger partial charge in [-0.3, -0.25) is 10.1 Å². The van der Waals surface area contributed by atoms with E-state index >= 15 is 0 Å². The lowest BCUT2D eigenvalue weighted by molar-refractivity contribution is -0.385. The predicted molar refractivity (Wildman–Crippen MR) is 84.0 cm³/mol. The lowest BCUT2D eigenvalue weighted by atomic mass is 10.1. The van der Waals surface area contributed by atoms with E-state index in [1.54, 1.807) is 6.07 Å². The Hall–Kier alpha value is -1.88. The van der Waals surface area contributed by atoms with Crippen molar-refractivity contribution in [1.82, 2.24) is 0 Å². The van der Waals surface area contributed by atoms with Crippen LogP contribution < -0.4 is 5.32 Å². The van der Waals surface area contributed by atoms with Gasteiger partial charge in [-0.2, -0.15) is 0 Å². The number of benzene rings is 2. The molecule has 4 nitrogen and oxygen atoms in total. The SMILES string of the molecule is Cc1ccc(CNc2ccc(Br)c([N+](=O)[O-])c2)c(C)c1. The number of nitrogens with one attached hydrogen (secondary N) is 1. The van der Waals surface area contributed by atoms with E-state index in [0.717, 1.165) is 5.69 Å². The fraction of sp³-hybridized carbons (Fsp3) is 0.200. The minimum absolute atomic E-state index is 0.0654. The van der Waals surface area contributed by atoms with Gasteiger partial charge in [0.15, 0.2) is 0 Å². The van der Waals surface area contributed by atoms with Crippen LogP contribution in [0.25, 0.3) is 0 Å². The summed E-state index contributed by atoms with van der Waals surface area (Å²) < 4.78 is 0.486. The molecule has 104 valence electrons. The summed E-state index contributed by atoms with van der Waals surface area (Å²) in [6.07, 6.45) is 0. The van der Waals surface area contributed by atoms with E-state index in [2.05, 4.69) is 53.3 Å². The van der Waals surface area contributed by atoms with Crippen LogP contribution in [-0.2, 0) is 6.54 Å². The number of hydrogen-bond acceptors (Lipinski definition) is 3. The van der Waals surface area contributed by atoms with Crippen molar-refractivity contribution in [1.29, 1.82) is 0 Å². The van der Waals surface area contributed by atoms with E-state index in [1.165, 1.54) is 22.8 Å². The molecular formula is C15H15BrN2O2. The van der Waals surface area contributed by atoms with Crippen molar-refractivity contribution >= 4 is 27.3 Å². The van der Waals surface area contributed by atoms with E-state index < -0.39 is 4.92 Å². The fourth-order valence-corrected chi connectivity index (χ4v) is 2.40. The van der Waals surface area contributed by atoms with Crippen molar-refractivity contribution in [3.05, 3.63) is 67.7 Å². The summed E-state index contributed by atoms with van der Waals surface area (Å²) in [4.78, 5) is 10.5. The van der Waals surface area contributed by atoms with Gasteiger partial charge in [0, 0.05) is 18.3 Å². The van der Waals surface area contributed by atoms with Crippen molar-refractivity contribution in [2.45, 2.75) is 20.4 Å². The molecule has 0 saturated carbocycles. The van der Waals surface area contributed by atoms with Gasteiger partial charge in [-0.1, -0.05) is 23.8 Å². The Morgan fingerprint density at radius 1 is 1.20 bits per heavy atom. The highest BCUT2D eigenvalue weighted by Gasteiger charge is 2.12. The van der Waals surface area contributed by atoms with Gasteiger partial charge in [-0.25, -0.2) is 0 Å². The molecule has 2 aromatic rings. The summed E-state index contributed by atoms with van der Waals surface area (Å²) >= 11 is 3.18. The van der Waals surface area contributed by atoms with Gasteiger partial charge in [0.1, 0.15) is 0 Å². The van der Waals surface area contributed by atoms with Crippen LogP contribution in [0.3, 0.4) is 0 Å². The first kappa shape index (κ1) is 14.5. The highest BCUT2D eigenvalue weighted by Crippen LogP contribution is 2.28. The number of nitro groups is 1. The standard InChI is InChI=1S/C15H15BrN2O2/c1-10-3-4-12(11(2)7-10)9-17-13-5-6-14(16)15(8-13)18(19)20/h3-8,17H,9H2,1-2H3. The lowest BCUT2D eigenvalue weighted by Gasteiger charge is -2.10. The van der Waals surface area contributed by atoms with Crippen LogP contribution in [0.5, 0.6) is 0 Å². The summed E-state index contributed by atoms with van der Waals surface area (Å²) in [5.41, 5.74) is 4.42. The second kappa shape index (κ2) is 6.05. The first-order valence-corrected chi connectivity index (χ1v) is 7.00. The maximum atomic E-state index is 10.9. The molecule has 0 atom stereocenters. The number of hydrogen-bond donors (Lipinski definition) is 1. The second-order valence-corrected chi connectivity index (χ2v) is 5.56. The molecular weight excluding hydrogens is 320 g/mol. The summed E-state index contributed by atoms with van der Waals surface area (Å²) in [6, 6.07) is 11.3. The van der Waals surface area contributed by atoms with Gasteiger partial charge < -0.3 is 5.32 Å². The van der Waals surface area contributed by atoms with Crippen molar-refractivity contribution in [2.75, 3.05) is 5.32 Å². The van der Waals surface area contributed by atoms with Crippen molar-refractivity contribution in [3.8, 4) is 0 Å². The highest BCUT2D eigenvalue weighted by atomic mass is 79.9. The van der Waals surface area contributed by atoms with E-state index in [-0.39, 0.29) is 5.69 Å². The molecule has 0 aliphatic heterocycles. The molecule has 0 bridgehead atoms. The molecule has 0 saturated heterocycles. The molecule has 0 spiro atoms. The Kier molecular flexibility index (Phi) is 4.39. The maximum absolute atomic E-state index is 10.9. The van der Waals surface area contributed by atoms with Crippen molar-refractivity contribution in [2.24, 2.45) is 0 Å². The van der Waals surface area contributed by atoms with Crippen LogP contribution in [0.15, 0.2) is 40.9 Å². The minimum Gasteiger partial charge on any atom is -0.381 e. The third-order valence-corrected chi connectivity index (χ3v) is 3.79. The monoisotopic (exact) mass is 334 g/mol. The Labute approximate surface area is 126 Å². The molecule has 1 N–H and O–H groups in total. The van der Waals surface area contributed by atoms with E-state index in [9.17, 15) is 10.1 Å². The number of rotatable bonds is 4. The maximum Gasteiger partial charge on any atom is 0.285 e. The molecule has 0 fully saturated rings. The van der Waals surface area contributed by atoms with Crippen molar-refractivity contribution in [3.63, 3.8) is 0 Å². The van der Waals surface area contributed by atoms with Gasteiger partial charge in [0.2, 0.25) is 0 Å². The first-order chi connectivity index (χ1) is 9.47. The Balaban J connectivity index is 2.15. The van der Waals surface area contributed by atoms with E-state index in [4.69, 9.17) is 0 Å². The zero-order valence-electron chi connectivity index (χ0n) is 11.3. The predicted octanol–water partition coefficient (Wildman–Crippen LogP) is 4.59. The second-order valence-electron chi connectivity index (χ2n) is 4.71. The number of anilines is 1. The number of aryl methyl sites for hydroxylation is 2. The third kappa shape index (κ3) is 3.36. The molecule has 0 radical (unpaired) electrons. The summed E-state index contributed by atoms with van der Waals surface area (Å²) in [7, 11) is 0. The number of nitrogens with zero attached hydrogens (tertiary/aromatic N) is 1. The zero-order chi connectivity index (χ0) is 14.7. The van der Waals surface area contributed by atoms with Crippen LogP contribution in [0, 0.1) is 24.0 Å². The highest BCUT2D eigenvalue weighted by molar-refractivity contribution is 9.10. The third-order valence-electron chi connectivity index (χ3n) is 3.12. The molecule has 20 heavy (non-hydrogen) atoms. The van der Waals surface area contributed by atoms with E-state index in [1.807, 2.05) is 6.07 Å². The molecule has 0 aliphatic rings. The largest absolute Gasteiger partial charge is 0.381 e. The average molecular weight is 335 g/mol. The molecule has 2 rings (SSSR count). The molecule has 0 unspecified atom stereocenters. The van der Waals surface area contributed by atoms with Crippen LogP contribution >= 0.6 is 15.9 Å². The fourth-order valence-electron chi connectivity index (χ4n) is 2.00. The first-order valence-electron chi connectivity index (χ1n) is 6.21. The zero-order valence-corrected chi connectivity index (χ0v) is 12.9. The molecule has 0 aliphatic carbocycles. The topological polar surface area (TPSA) is 55.2 Å². The van der Waals surface area contributed by atoms with Crippen molar-refractivity contribution < 1.29 is 4.92 Å². The quantitative estimate of drug-likeness (QED) is 0.657. The van der Waals surface area contributed by atoms with E-state index in [0.29, 0.717) is 11.0 Å². The molecule has 0 aromatic heterocycles. The minimum atomic E-state index is -0.396. The average Bonchev–Trinajstić information content (AvgIpc) is 2.39. The Morgan fingerprint density at radius 2 is 1.95 bits per heavy atom. The van der Waals surface area contributed by atoms with Crippen LogP contribution in [0.4, 0.5) is 11.4 Å². The molecule has 5 heteroatoms. The number of halogens is 1. The summed E-state index contributed by atoms with van der Waals surface area (Å²) in [6.45, 7) is 4.77. The number of nitro benzene ring substituents is 1. The summed E-state index contributed by atoms with van der Waals surface area (Å²) in [5, 5.41) is 14.1. The van der Waals surface area contributed by atoms with Crippen LogP contribution in [-0.4, -0.2) is 4.92 Å². The van der Waals surface area contributed by atoms with Gasteiger partial charge >= 0.3 is 0 Å². The molecule has 0 amide bonds. The van der Waals surface area contributed by atoms with Gasteiger partial charge in [-0.05, 0) is 53.0 Å². The molecule has 0 heterocycles. The van der Waals surface area contributed by atoms with Crippen LogP contribution in [0.1, 0.15) is 16.7 Å². The Bertz CT molecular complexity index is 656. The van der Waals surface area contributed by atoms with Crippen LogP contribution in [0.2, 0.25) is 0 Å². The normalized spacial score (nSPS) is 10.3. The smallest absolute Gasteiger partial charge is 0.285 e. The Morgan fingerprint density at radius 3 is 2.60 bits per heavy atom. The van der Waals surface area contributed by atoms with Gasteiger partial charge in [-0.15, -0.1) is 0 Å². The van der Waals surface area contributed by atoms with Gasteiger partial charge in [0.25, 0.3) is 5.69 Å².